The summed E-state index contributed by atoms with van der Waals surface area (Å²) >= 11 is 0. The van der Waals surface area contributed by atoms with Crippen LogP contribution in [0.1, 0.15) is 21.5 Å². The van der Waals surface area contributed by atoms with E-state index in [2.05, 4.69) is 0 Å². The summed E-state index contributed by atoms with van der Waals surface area (Å²) in [5, 5.41) is 9.02. The van der Waals surface area contributed by atoms with E-state index in [4.69, 9.17) is 14.6 Å². The van der Waals surface area contributed by atoms with Gasteiger partial charge in [-0.25, -0.2) is 4.79 Å². The summed E-state index contributed by atoms with van der Waals surface area (Å²) in [4.78, 5) is 11.0. The van der Waals surface area contributed by atoms with Crippen molar-refractivity contribution in [1.82, 2.24) is 0 Å². The van der Waals surface area contributed by atoms with E-state index in [-0.39, 0.29) is 5.56 Å². The van der Waals surface area contributed by atoms with Crippen LogP contribution < -0.4 is 9.47 Å². The molecule has 1 aromatic carbocycles. The third-order valence-corrected chi connectivity index (χ3v) is 2.55. The zero-order valence-corrected chi connectivity index (χ0v) is 8.66. The number of hydrogen-bond acceptors (Lipinski definition) is 3. The molecule has 2 rings (SSSR count). The topological polar surface area (TPSA) is 55.8 Å². The number of benzene rings is 1. The first-order valence-corrected chi connectivity index (χ1v) is 4.74. The monoisotopic (exact) mass is 208 g/mol. The Balaban J connectivity index is 2.67. The summed E-state index contributed by atoms with van der Waals surface area (Å²) in [7, 11) is 0. The highest BCUT2D eigenvalue weighted by atomic mass is 16.6. The minimum absolute atomic E-state index is 0.174. The molecule has 1 aliphatic heterocycles. The lowest BCUT2D eigenvalue weighted by Gasteiger charge is -2.22. The molecule has 0 unspecified atom stereocenters. The number of ether oxygens (including phenoxy) is 2. The van der Waals surface area contributed by atoms with E-state index >= 15 is 0 Å². The van der Waals surface area contributed by atoms with Gasteiger partial charge in [0.15, 0.2) is 11.5 Å². The highest BCUT2D eigenvalue weighted by Gasteiger charge is 2.23. The van der Waals surface area contributed by atoms with Gasteiger partial charge in [-0.1, -0.05) is 0 Å². The van der Waals surface area contributed by atoms with E-state index in [9.17, 15) is 4.79 Å². The van der Waals surface area contributed by atoms with Crippen LogP contribution >= 0.6 is 0 Å². The van der Waals surface area contributed by atoms with Gasteiger partial charge < -0.3 is 14.6 Å². The van der Waals surface area contributed by atoms with Crippen LogP contribution in [-0.2, 0) is 0 Å². The maximum Gasteiger partial charge on any atom is 0.339 e. The fourth-order valence-electron chi connectivity index (χ4n) is 1.63. The van der Waals surface area contributed by atoms with Crippen molar-refractivity contribution in [2.45, 2.75) is 13.8 Å². The second-order valence-electron chi connectivity index (χ2n) is 3.53. The van der Waals surface area contributed by atoms with Gasteiger partial charge in [0.05, 0.1) is 0 Å². The molecule has 0 saturated carbocycles. The zero-order chi connectivity index (χ0) is 11.0. The Morgan fingerprint density at radius 1 is 1.27 bits per heavy atom. The van der Waals surface area contributed by atoms with E-state index in [1.54, 1.807) is 6.07 Å². The van der Waals surface area contributed by atoms with Gasteiger partial charge >= 0.3 is 5.97 Å². The largest absolute Gasteiger partial charge is 0.486 e. The minimum Gasteiger partial charge on any atom is -0.486 e. The third-order valence-electron chi connectivity index (χ3n) is 2.55. The molecule has 0 radical (unpaired) electrons. The Morgan fingerprint density at radius 2 is 1.87 bits per heavy atom. The maximum atomic E-state index is 11.0. The van der Waals surface area contributed by atoms with Crippen LogP contribution in [-0.4, -0.2) is 24.3 Å². The van der Waals surface area contributed by atoms with Gasteiger partial charge in [-0.3, -0.25) is 0 Å². The third kappa shape index (κ3) is 1.52. The number of aryl methyl sites for hydroxylation is 1. The van der Waals surface area contributed by atoms with E-state index < -0.39 is 5.97 Å². The molecule has 0 aromatic heterocycles. The van der Waals surface area contributed by atoms with E-state index in [0.717, 1.165) is 11.1 Å². The average molecular weight is 208 g/mol. The molecule has 1 heterocycles. The molecule has 0 fully saturated rings. The summed E-state index contributed by atoms with van der Waals surface area (Å²) in [5.41, 5.74) is 2.01. The van der Waals surface area contributed by atoms with Gasteiger partial charge in [-0.15, -0.1) is 0 Å². The number of carboxylic acids is 1. The first-order valence-electron chi connectivity index (χ1n) is 4.74. The first kappa shape index (κ1) is 9.83. The van der Waals surface area contributed by atoms with E-state index in [1.807, 2.05) is 13.8 Å². The molecule has 1 N–H and O–H groups in total. The van der Waals surface area contributed by atoms with Crippen LogP contribution in [0.3, 0.4) is 0 Å². The summed E-state index contributed by atoms with van der Waals surface area (Å²) in [6, 6.07) is 1.62. The van der Waals surface area contributed by atoms with Crippen molar-refractivity contribution in [2.75, 3.05) is 13.2 Å². The lowest BCUT2D eigenvalue weighted by Crippen LogP contribution is -2.19. The fourth-order valence-corrected chi connectivity index (χ4v) is 1.63. The van der Waals surface area contributed by atoms with Crippen LogP contribution in [0.4, 0.5) is 0 Å². The molecule has 1 aliphatic rings. The Morgan fingerprint density at radius 3 is 2.47 bits per heavy atom. The Labute approximate surface area is 87.4 Å². The summed E-state index contributed by atoms with van der Waals surface area (Å²) in [6.45, 7) is 4.63. The summed E-state index contributed by atoms with van der Waals surface area (Å²) < 4.78 is 10.8. The Bertz CT molecular complexity index is 423. The highest BCUT2D eigenvalue weighted by Crippen LogP contribution is 2.38. The molecule has 0 aliphatic carbocycles. The van der Waals surface area contributed by atoms with Crippen LogP contribution in [0.2, 0.25) is 0 Å². The van der Waals surface area contributed by atoms with Crippen molar-refractivity contribution >= 4 is 5.97 Å². The molecule has 0 atom stereocenters. The summed E-state index contributed by atoms with van der Waals surface area (Å²) in [5.74, 6) is -0.0599. The molecule has 4 heteroatoms. The number of rotatable bonds is 1. The number of carbonyl (C=O) groups is 1. The summed E-state index contributed by atoms with van der Waals surface area (Å²) in [6.07, 6.45) is 0. The first-order chi connectivity index (χ1) is 7.11. The Hall–Kier alpha value is -1.71. The smallest absolute Gasteiger partial charge is 0.339 e. The van der Waals surface area contributed by atoms with E-state index in [0.29, 0.717) is 24.7 Å². The van der Waals surface area contributed by atoms with Gasteiger partial charge in [0, 0.05) is 0 Å². The zero-order valence-electron chi connectivity index (χ0n) is 8.66. The molecule has 1 aromatic rings. The Kier molecular flexibility index (Phi) is 2.26. The molecule has 80 valence electrons. The van der Waals surface area contributed by atoms with Crippen LogP contribution in [0.15, 0.2) is 6.07 Å². The van der Waals surface area contributed by atoms with Crippen molar-refractivity contribution in [2.24, 2.45) is 0 Å². The molecule has 15 heavy (non-hydrogen) atoms. The van der Waals surface area contributed by atoms with Crippen LogP contribution in [0.5, 0.6) is 11.5 Å². The van der Waals surface area contributed by atoms with Gasteiger partial charge in [0.2, 0.25) is 0 Å². The standard InChI is InChI=1S/C11H12O4/c1-6-5-8(11(12)13)10-9(7(6)2)14-3-4-15-10/h5H,3-4H2,1-2H3,(H,12,13). The maximum absolute atomic E-state index is 11.0. The lowest BCUT2D eigenvalue weighted by atomic mass is 10.0. The van der Waals surface area contributed by atoms with Gasteiger partial charge in [-0.05, 0) is 31.0 Å². The number of aromatic carboxylic acids is 1. The van der Waals surface area contributed by atoms with E-state index in [1.165, 1.54) is 0 Å². The molecular formula is C11H12O4. The highest BCUT2D eigenvalue weighted by molar-refractivity contribution is 5.92. The number of fused-ring (bicyclic) bond motifs is 1. The van der Waals surface area contributed by atoms with Crippen molar-refractivity contribution in [3.63, 3.8) is 0 Å². The normalized spacial score (nSPS) is 13.7. The predicted octanol–water partition coefficient (Wildman–Crippen LogP) is 1.77. The van der Waals surface area contributed by atoms with Crippen molar-refractivity contribution < 1.29 is 19.4 Å². The molecular weight excluding hydrogens is 196 g/mol. The van der Waals surface area contributed by atoms with Gasteiger partial charge in [-0.2, -0.15) is 0 Å². The van der Waals surface area contributed by atoms with Crippen molar-refractivity contribution in [1.29, 1.82) is 0 Å². The minimum atomic E-state index is -0.986. The van der Waals surface area contributed by atoms with Crippen molar-refractivity contribution in [3.05, 3.63) is 22.8 Å². The SMILES string of the molecule is Cc1cc(C(=O)O)c2c(c1C)OCCO2. The molecule has 0 amide bonds. The van der Waals surface area contributed by atoms with Gasteiger partial charge in [0.25, 0.3) is 0 Å². The van der Waals surface area contributed by atoms with Crippen LogP contribution in [0.25, 0.3) is 0 Å². The lowest BCUT2D eigenvalue weighted by molar-refractivity contribution is 0.0686. The number of carboxylic acid groups (broad SMARTS) is 1. The van der Waals surface area contributed by atoms with Gasteiger partial charge in [0.1, 0.15) is 18.8 Å². The molecule has 0 saturated heterocycles. The molecule has 0 spiro atoms. The second-order valence-corrected chi connectivity index (χ2v) is 3.53. The quantitative estimate of drug-likeness (QED) is 0.764. The molecule has 4 nitrogen and oxygen atoms in total. The second kappa shape index (κ2) is 3.46. The van der Waals surface area contributed by atoms with Crippen LogP contribution in [0, 0.1) is 13.8 Å². The fraction of sp³-hybridized carbons (Fsp3) is 0.364. The van der Waals surface area contributed by atoms with Crippen molar-refractivity contribution in [3.8, 4) is 11.5 Å². The molecule has 0 bridgehead atoms. The predicted molar refractivity (Wildman–Crippen MR) is 53.9 cm³/mol. The number of hydrogen-bond donors (Lipinski definition) is 1. The average Bonchev–Trinajstić information content (AvgIpc) is 2.23.